The number of thiophene rings is 1. The molecule has 2 aliphatic rings. The number of hydrogen-bond donors (Lipinski definition) is 2. The van der Waals surface area contributed by atoms with Gasteiger partial charge in [-0.15, -0.1) is 11.3 Å². The molecule has 2 amide bonds. The van der Waals surface area contributed by atoms with E-state index in [1.165, 1.54) is 27.8 Å². The van der Waals surface area contributed by atoms with Crippen molar-refractivity contribution in [2.75, 3.05) is 18.4 Å². The standard InChI is InChI=1S/C22H26FN3O4S2/c1-13-2-7-17-18(12-13)31-22(19(17)20(24)27)25-21(28)14-8-10-26(11-9-14)32(29,30)16-5-3-15(23)4-6-16/h3-6,13-14H,2,7-12H2,1H3,(H2,24,27)(H,25,28)/t13-/m1/s1. The molecule has 1 saturated heterocycles. The Labute approximate surface area is 190 Å². The van der Waals surface area contributed by atoms with Gasteiger partial charge in [0.05, 0.1) is 10.5 Å². The van der Waals surface area contributed by atoms with Crippen molar-refractivity contribution in [3.05, 3.63) is 46.1 Å². The smallest absolute Gasteiger partial charge is 0.251 e. The van der Waals surface area contributed by atoms with Crippen molar-refractivity contribution in [1.82, 2.24) is 4.31 Å². The fourth-order valence-electron chi connectivity index (χ4n) is 4.43. The summed E-state index contributed by atoms with van der Waals surface area (Å²) in [6.07, 6.45) is 3.36. The lowest BCUT2D eigenvalue weighted by atomic mass is 9.88. The first-order valence-electron chi connectivity index (χ1n) is 10.7. The number of piperidine rings is 1. The molecule has 1 aliphatic carbocycles. The molecule has 32 heavy (non-hydrogen) atoms. The molecule has 2 aromatic rings. The van der Waals surface area contributed by atoms with Gasteiger partial charge in [0.15, 0.2) is 0 Å². The van der Waals surface area contributed by atoms with Crippen molar-refractivity contribution in [1.29, 1.82) is 0 Å². The molecule has 1 atom stereocenters. The molecule has 0 radical (unpaired) electrons. The second kappa shape index (κ2) is 8.92. The molecule has 2 heterocycles. The van der Waals surface area contributed by atoms with Gasteiger partial charge in [-0.1, -0.05) is 6.92 Å². The van der Waals surface area contributed by atoms with E-state index in [0.29, 0.717) is 29.3 Å². The van der Waals surface area contributed by atoms with Gasteiger partial charge in [0.2, 0.25) is 15.9 Å². The number of benzene rings is 1. The Morgan fingerprint density at radius 2 is 1.81 bits per heavy atom. The molecule has 0 saturated carbocycles. The fraction of sp³-hybridized carbons (Fsp3) is 0.455. The van der Waals surface area contributed by atoms with E-state index in [0.717, 1.165) is 41.8 Å². The summed E-state index contributed by atoms with van der Waals surface area (Å²) in [4.78, 5) is 26.1. The summed E-state index contributed by atoms with van der Waals surface area (Å²) in [6.45, 7) is 2.55. The highest BCUT2D eigenvalue weighted by Gasteiger charge is 2.33. The maximum atomic E-state index is 13.1. The van der Waals surface area contributed by atoms with Crippen LogP contribution in [0.2, 0.25) is 0 Å². The SMILES string of the molecule is C[C@@H]1CCc2c(sc(NC(=O)C3CCN(S(=O)(=O)c4ccc(F)cc4)CC3)c2C(N)=O)C1. The third-order valence-electron chi connectivity index (χ3n) is 6.27. The van der Waals surface area contributed by atoms with Crippen LogP contribution in [-0.2, 0) is 27.7 Å². The van der Waals surface area contributed by atoms with Gasteiger partial charge in [0.1, 0.15) is 10.8 Å². The number of sulfonamides is 1. The molecule has 1 aromatic carbocycles. The van der Waals surface area contributed by atoms with Crippen LogP contribution in [0.1, 0.15) is 47.0 Å². The van der Waals surface area contributed by atoms with E-state index in [4.69, 9.17) is 5.73 Å². The molecule has 1 fully saturated rings. The highest BCUT2D eigenvalue weighted by Crippen LogP contribution is 2.40. The first-order chi connectivity index (χ1) is 15.2. The number of hydrogen-bond acceptors (Lipinski definition) is 5. The molecule has 7 nitrogen and oxygen atoms in total. The summed E-state index contributed by atoms with van der Waals surface area (Å²) >= 11 is 1.42. The van der Waals surface area contributed by atoms with Crippen molar-refractivity contribution < 1.29 is 22.4 Å². The zero-order valence-electron chi connectivity index (χ0n) is 17.8. The van der Waals surface area contributed by atoms with Gasteiger partial charge in [0, 0.05) is 23.9 Å². The third-order valence-corrected chi connectivity index (χ3v) is 9.35. The lowest BCUT2D eigenvalue weighted by molar-refractivity contribution is -0.120. The number of nitrogens with zero attached hydrogens (tertiary/aromatic N) is 1. The number of fused-ring (bicyclic) bond motifs is 1. The van der Waals surface area contributed by atoms with E-state index in [9.17, 15) is 22.4 Å². The minimum atomic E-state index is -3.74. The fourth-order valence-corrected chi connectivity index (χ4v) is 7.32. The number of carbonyl (C=O) groups excluding carboxylic acids is 2. The van der Waals surface area contributed by atoms with Crippen LogP contribution in [-0.4, -0.2) is 37.6 Å². The number of rotatable bonds is 5. The highest BCUT2D eigenvalue weighted by molar-refractivity contribution is 7.89. The number of primary amides is 1. The Kier molecular flexibility index (Phi) is 6.37. The van der Waals surface area contributed by atoms with Gasteiger partial charge in [-0.3, -0.25) is 9.59 Å². The molecule has 0 spiro atoms. The summed E-state index contributed by atoms with van der Waals surface area (Å²) in [5, 5.41) is 3.40. The summed E-state index contributed by atoms with van der Waals surface area (Å²) in [5.41, 5.74) is 7.00. The van der Waals surface area contributed by atoms with Crippen LogP contribution in [0.5, 0.6) is 0 Å². The topological polar surface area (TPSA) is 110 Å². The predicted molar refractivity (Wildman–Crippen MR) is 121 cm³/mol. The van der Waals surface area contributed by atoms with Gasteiger partial charge in [0.25, 0.3) is 5.91 Å². The maximum Gasteiger partial charge on any atom is 0.251 e. The number of anilines is 1. The molecular weight excluding hydrogens is 453 g/mol. The van der Waals surface area contributed by atoms with Crippen molar-refractivity contribution >= 4 is 38.2 Å². The number of amides is 2. The monoisotopic (exact) mass is 479 g/mol. The van der Waals surface area contributed by atoms with Crippen molar-refractivity contribution in [2.24, 2.45) is 17.6 Å². The zero-order chi connectivity index (χ0) is 23.0. The van der Waals surface area contributed by atoms with Crippen molar-refractivity contribution in [3.8, 4) is 0 Å². The summed E-state index contributed by atoms with van der Waals surface area (Å²) < 4.78 is 40.0. The average molecular weight is 480 g/mol. The van der Waals surface area contributed by atoms with Crippen molar-refractivity contribution in [3.63, 3.8) is 0 Å². The summed E-state index contributed by atoms with van der Waals surface area (Å²) in [5.74, 6) is -1.10. The molecule has 1 aliphatic heterocycles. The van der Waals surface area contributed by atoms with Crippen LogP contribution in [0.3, 0.4) is 0 Å². The van der Waals surface area contributed by atoms with E-state index < -0.39 is 21.7 Å². The highest BCUT2D eigenvalue weighted by atomic mass is 32.2. The van der Waals surface area contributed by atoms with E-state index in [-0.39, 0.29) is 29.8 Å². The van der Waals surface area contributed by atoms with Gasteiger partial charge in [-0.25, -0.2) is 12.8 Å². The Morgan fingerprint density at radius 3 is 2.44 bits per heavy atom. The Bertz CT molecular complexity index is 1140. The molecule has 3 N–H and O–H groups in total. The molecule has 4 rings (SSSR count). The van der Waals surface area contributed by atoms with E-state index in [1.807, 2.05) is 0 Å². The van der Waals surface area contributed by atoms with Gasteiger partial charge in [-0.2, -0.15) is 4.31 Å². The molecule has 0 unspecified atom stereocenters. The quantitative estimate of drug-likeness (QED) is 0.686. The number of halogens is 1. The average Bonchev–Trinajstić information content (AvgIpc) is 3.11. The summed E-state index contributed by atoms with van der Waals surface area (Å²) in [7, 11) is -3.74. The third kappa shape index (κ3) is 4.44. The Morgan fingerprint density at radius 1 is 1.16 bits per heavy atom. The number of nitrogens with two attached hydrogens (primary N) is 1. The Hall–Kier alpha value is -2.30. The lowest BCUT2D eigenvalue weighted by Gasteiger charge is -2.30. The van der Waals surface area contributed by atoms with Crippen molar-refractivity contribution in [2.45, 2.75) is 43.9 Å². The van der Waals surface area contributed by atoms with Crippen LogP contribution in [0.25, 0.3) is 0 Å². The zero-order valence-corrected chi connectivity index (χ0v) is 19.4. The van der Waals surface area contributed by atoms with E-state index >= 15 is 0 Å². The van der Waals surface area contributed by atoms with Gasteiger partial charge in [-0.05, 0) is 67.9 Å². The number of nitrogens with one attached hydrogen (secondary N) is 1. The predicted octanol–water partition coefficient (Wildman–Crippen LogP) is 3.15. The first kappa shape index (κ1) is 22.9. The lowest BCUT2D eigenvalue weighted by Crippen LogP contribution is -2.41. The molecule has 0 bridgehead atoms. The van der Waals surface area contributed by atoms with Gasteiger partial charge >= 0.3 is 0 Å². The first-order valence-corrected chi connectivity index (χ1v) is 12.9. The minimum absolute atomic E-state index is 0.0336. The second-order valence-corrected chi connectivity index (χ2v) is 11.6. The van der Waals surface area contributed by atoms with Crippen LogP contribution >= 0.6 is 11.3 Å². The van der Waals surface area contributed by atoms with E-state index in [2.05, 4.69) is 12.2 Å². The summed E-state index contributed by atoms with van der Waals surface area (Å²) in [6, 6.07) is 4.72. The van der Waals surface area contributed by atoms with Crippen LogP contribution in [0.4, 0.5) is 9.39 Å². The Balaban J connectivity index is 1.43. The maximum absolute atomic E-state index is 13.1. The number of carbonyl (C=O) groups is 2. The minimum Gasteiger partial charge on any atom is -0.365 e. The molecule has 1 aromatic heterocycles. The second-order valence-electron chi connectivity index (χ2n) is 8.54. The largest absolute Gasteiger partial charge is 0.365 e. The van der Waals surface area contributed by atoms with Crippen LogP contribution < -0.4 is 11.1 Å². The van der Waals surface area contributed by atoms with Crippen LogP contribution in [0.15, 0.2) is 29.2 Å². The van der Waals surface area contributed by atoms with Crippen LogP contribution in [0, 0.1) is 17.7 Å². The molecular formula is C22H26FN3O4S2. The van der Waals surface area contributed by atoms with E-state index in [1.54, 1.807) is 0 Å². The van der Waals surface area contributed by atoms with Gasteiger partial charge < -0.3 is 11.1 Å². The normalized spacial score (nSPS) is 20.0. The molecule has 10 heteroatoms. The molecule has 172 valence electrons.